The van der Waals surface area contributed by atoms with Crippen molar-refractivity contribution in [2.75, 3.05) is 11.6 Å². The van der Waals surface area contributed by atoms with Gasteiger partial charge in [-0.15, -0.1) is 0 Å². The predicted molar refractivity (Wildman–Crippen MR) is 78.8 cm³/mol. The van der Waals surface area contributed by atoms with Gasteiger partial charge in [0.25, 0.3) is 0 Å². The van der Waals surface area contributed by atoms with Crippen molar-refractivity contribution in [3.8, 4) is 0 Å². The Morgan fingerprint density at radius 3 is 3.10 bits per heavy atom. The molecule has 2 rings (SSSR count). The maximum Gasteiger partial charge on any atom is 0.325 e. The van der Waals surface area contributed by atoms with Crippen molar-refractivity contribution in [2.45, 2.75) is 38.6 Å². The Hall–Kier alpha value is -1.66. The molecular formula is C14H18ClN3O3. The normalized spacial score (nSPS) is 18.1. The van der Waals surface area contributed by atoms with E-state index in [1.807, 2.05) is 0 Å². The van der Waals surface area contributed by atoms with Crippen molar-refractivity contribution in [3.63, 3.8) is 0 Å². The summed E-state index contributed by atoms with van der Waals surface area (Å²) in [4.78, 5) is 27.9. The second-order valence-electron chi connectivity index (χ2n) is 4.80. The lowest BCUT2D eigenvalue weighted by Crippen LogP contribution is -2.42. The summed E-state index contributed by atoms with van der Waals surface area (Å²) in [6.07, 6.45) is 4.48. The first-order valence-corrected chi connectivity index (χ1v) is 7.37. The Balaban J connectivity index is 1.93. The van der Waals surface area contributed by atoms with E-state index in [-0.39, 0.29) is 12.3 Å². The molecule has 114 valence electrons. The molecule has 1 fully saturated rings. The lowest BCUT2D eigenvalue weighted by Gasteiger charge is -2.17. The van der Waals surface area contributed by atoms with Gasteiger partial charge in [0.15, 0.2) is 5.82 Å². The summed E-state index contributed by atoms with van der Waals surface area (Å²) in [6, 6.07) is 2.62. The molecule has 0 bridgehead atoms. The zero-order chi connectivity index (χ0) is 15.2. The van der Waals surface area contributed by atoms with E-state index >= 15 is 0 Å². The van der Waals surface area contributed by atoms with Crippen molar-refractivity contribution in [2.24, 2.45) is 0 Å². The van der Waals surface area contributed by atoms with Crippen LogP contribution in [0.1, 0.15) is 32.6 Å². The number of pyridine rings is 1. The number of hydrazine groups is 1. The molecule has 0 spiro atoms. The van der Waals surface area contributed by atoms with Crippen LogP contribution in [0.5, 0.6) is 0 Å². The highest BCUT2D eigenvalue weighted by Gasteiger charge is 2.37. The van der Waals surface area contributed by atoms with Gasteiger partial charge in [-0.05, 0) is 18.6 Å². The first kappa shape index (κ1) is 15.7. The maximum atomic E-state index is 12.0. The predicted octanol–water partition coefficient (Wildman–Crippen LogP) is 2.08. The molecule has 6 nitrogen and oxygen atoms in total. The number of carbonyl (C=O) groups excluding carboxylic acids is 2. The molecule has 0 saturated carbocycles. The summed E-state index contributed by atoms with van der Waals surface area (Å²) in [5, 5.41) is 1.55. The molecule has 7 heteroatoms. The highest BCUT2D eigenvalue weighted by molar-refractivity contribution is 6.33. The number of nitrogens with one attached hydrogen (secondary N) is 1. The fourth-order valence-corrected chi connectivity index (χ4v) is 2.23. The van der Waals surface area contributed by atoms with Crippen molar-refractivity contribution < 1.29 is 14.3 Å². The number of ether oxygens (including phenoxy) is 1. The van der Waals surface area contributed by atoms with Crippen LogP contribution in [-0.2, 0) is 14.3 Å². The topological polar surface area (TPSA) is 71.5 Å². The van der Waals surface area contributed by atoms with Crippen LogP contribution in [0.4, 0.5) is 5.82 Å². The van der Waals surface area contributed by atoms with Gasteiger partial charge in [0.2, 0.25) is 5.91 Å². The summed E-state index contributed by atoms with van der Waals surface area (Å²) in [6.45, 7) is 2.46. The summed E-state index contributed by atoms with van der Waals surface area (Å²) in [5.74, 6) is -0.384. The van der Waals surface area contributed by atoms with Gasteiger partial charge in [0, 0.05) is 6.20 Å². The third-order valence-corrected chi connectivity index (χ3v) is 3.44. The van der Waals surface area contributed by atoms with E-state index in [9.17, 15) is 9.59 Å². The number of aromatic nitrogens is 1. The Kier molecular flexibility index (Phi) is 5.52. The van der Waals surface area contributed by atoms with Gasteiger partial charge in [-0.25, -0.2) is 15.4 Å². The van der Waals surface area contributed by atoms with E-state index < -0.39 is 12.0 Å². The van der Waals surface area contributed by atoms with Crippen LogP contribution in [0.15, 0.2) is 18.3 Å². The molecule has 1 aliphatic rings. The van der Waals surface area contributed by atoms with Crippen molar-refractivity contribution >= 4 is 29.3 Å². The van der Waals surface area contributed by atoms with E-state index in [4.69, 9.17) is 16.3 Å². The number of unbranched alkanes of at least 4 members (excludes halogenated alkanes) is 2. The number of halogens is 1. The van der Waals surface area contributed by atoms with Crippen LogP contribution < -0.4 is 10.4 Å². The Morgan fingerprint density at radius 1 is 1.57 bits per heavy atom. The van der Waals surface area contributed by atoms with E-state index in [2.05, 4.69) is 17.3 Å². The molecule has 0 aromatic carbocycles. The Bertz CT molecular complexity index is 524. The van der Waals surface area contributed by atoms with Gasteiger partial charge in [0.1, 0.15) is 6.04 Å². The number of anilines is 1. The SMILES string of the molecule is CCCCCOC(=O)C1CC(=O)N(c2ncccc2Cl)N1. The first-order chi connectivity index (χ1) is 10.1. The number of rotatable bonds is 6. The van der Waals surface area contributed by atoms with E-state index in [0.717, 1.165) is 19.3 Å². The second kappa shape index (κ2) is 7.38. The molecular weight excluding hydrogens is 294 g/mol. The summed E-state index contributed by atoms with van der Waals surface area (Å²) < 4.78 is 5.16. The quantitative estimate of drug-likeness (QED) is 0.643. The zero-order valence-corrected chi connectivity index (χ0v) is 12.6. The molecule has 0 radical (unpaired) electrons. The van der Waals surface area contributed by atoms with Crippen LogP contribution in [0.25, 0.3) is 0 Å². The number of esters is 1. The monoisotopic (exact) mass is 311 g/mol. The average molecular weight is 312 g/mol. The summed E-state index contributed by atoms with van der Waals surface area (Å²) in [5.41, 5.74) is 2.80. The van der Waals surface area contributed by atoms with E-state index in [1.54, 1.807) is 12.1 Å². The molecule has 1 unspecified atom stereocenters. The number of carbonyl (C=O) groups is 2. The standard InChI is InChI=1S/C14H18ClN3O3/c1-2-3-4-8-21-14(20)11-9-12(19)18(17-11)13-10(15)6-5-7-16-13/h5-7,11,17H,2-4,8-9H2,1H3. The van der Waals surface area contributed by atoms with Crippen LogP contribution in [0, 0.1) is 0 Å². The second-order valence-corrected chi connectivity index (χ2v) is 5.21. The highest BCUT2D eigenvalue weighted by Crippen LogP contribution is 2.25. The Morgan fingerprint density at radius 2 is 2.38 bits per heavy atom. The fourth-order valence-electron chi connectivity index (χ4n) is 2.02. The summed E-state index contributed by atoms with van der Waals surface area (Å²) in [7, 11) is 0. The average Bonchev–Trinajstić information content (AvgIpc) is 2.86. The van der Waals surface area contributed by atoms with Crippen LogP contribution in [0.3, 0.4) is 0 Å². The first-order valence-electron chi connectivity index (χ1n) is 6.99. The molecule has 1 aliphatic heterocycles. The molecule has 0 aliphatic carbocycles. The lowest BCUT2D eigenvalue weighted by molar-refractivity contribution is -0.146. The van der Waals surface area contributed by atoms with Gasteiger partial charge >= 0.3 is 5.97 Å². The van der Waals surface area contributed by atoms with Gasteiger partial charge in [-0.2, -0.15) is 0 Å². The Labute approximate surface area is 128 Å². The molecule has 2 heterocycles. The summed E-state index contributed by atoms with van der Waals surface area (Å²) >= 11 is 6.00. The number of hydrogen-bond donors (Lipinski definition) is 1. The smallest absolute Gasteiger partial charge is 0.325 e. The minimum Gasteiger partial charge on any atom is -0.464 e. The van der Waals surface area contributed by atoms with Crippen molar-refractivity contribution in [3.05, 3.63) is 23.4 Å². The molecule has 1 atom stereocenters. The molecule has 1 amide bonds. The number of nitrogens with zero attached hydrogens (tertiary/aromatic N) is 2. The molecule has 1 aromatic rings. The third kappa shape index (κ3) is 3.92. The van der Waals surface area contributed by atoms with Gasteiger partial charge < -0.3 is 4.74 Å². The van der Waals surface area contributed by atoms with Crippen molar-refractivity contribution in [1.29, 1.82) is 0 Å². The third-order valence-electron chi connectivity index (χ3n) is 3.14. The molecule has 1 N–H and O–H groups in total. The minimum atomic E-state index is -0.683. The largest absolute Gasteiger partial charge is 0.464 e. The molecule has 21 heavy (non-hydrogen) atoms. The van der Waals surface area contributed by atoms with E-state index in [0.29, 0.717) is 17.4 Å². The fraction of sp³-hybridized carbons (Fsp3) is 0.500. The van der Waals surface area contributed by atoms with Crippen LogP contribution in [-0.4, -0.2) is 29.5 Å². The van der Waals surface area contributed by atoms with Crippen LogP contribution in [0.2, 0.25) is 5.02 Å². The lowest BCUT2D eigenvalue weighted by atomic mass is 10.2. The zero-order valence-electron chi connectivity index (χ0n) is 11.8. The van der Waals surface area contributed by atoms with Crippen molar-refractivity contribution in [1.82, 2.24) is 10.4 Å². The minimum absolute atomic E-state index is 0.0412. The highest BCUT2D eigenvalue weighted by atomic mass is 35.5. The van der Waals surface area contributed by atoms with Crippen LogP contribution >= 0.6 is 11.6 Å². The van der Waals surface area contributed by atoms with Gasteiger partial charge in [-0.1, -0.05) is 31.4 Å². The van der Waals surface area contributed by atoms with E-state index in [1.165, 1.54) is 11.2 Å². The maximum absolute atomic E-state index is 12.0. The number of amides is 1. The molecule has 1 saturated heterocycles. The van der Waals surface area contributed by atoms with Gasteiger partial charge in [-0.3, -0.25) is 9.59 Å². The number of hydrogen-bond acceptors (Lipinski definition) is 5. The molecule has 1 aromatic heterocycles. The van der Waals surface area contributed by atoms with Gasteiger partial charge in [0.05, 0.1) is 18.1 Å².